The summed E-state index contributed by atoms with van der Waals surface area (Å²) in [5.74, 6) is -8.32. The third kappa shape index (κ3) is 11.0. The molecule has 0 spiro atoms. The number of anilines is 2. The first kappa shape index (κ1) is 53.0. The van der Waals surface area contributed by atoms with Gasteiger partial charge in [-0.2, -0.15) is 48.3 Å². The number of rotatable bonds is 14. The van der Waals surface area contributed by atoms with Gasteiger partial charge in [0, 0.05) is 25.2 Å². The summed E-state index contributed by atoms with van der Waals surface area (Å²) < 4.78 is 193. The molecule has 386 valence electrons. The van der Waals surface area contributed by atoms with Gasteiger partial charge >= 0.3 is 24.5 Å². The minimum atomic E-state index is -6.26. The maximum absolute atomic E-state index is 15.9. The average molecular weight is 1120 g/mol. The Morgan fingerprint density at radius 2 is 0.947 bits per heavy atom. The number of pyridine rings is 2. The van der Waals surface area contributed by atoms with E-state index in [9.17, 15) is 39.5 Å². The average Bonchev–Trinajstić information content (AvgIpc) is 3.97. The Bertz CT molecular complexity index is 3470. The Hall–Kier alpha value is -6.81. The van der Waals surface area contributed by atoms with Crippen LogP contribution in [0.1, 0.15) is 50.5 Å². The van der Waals surface area contributed by atoms with Gasteiger partial charge in [-0.3, -0.25) is 9.97 Å². The zero-order chi connectivity index (χ0) is 53.7. The van der Waals surface area contributed by atoms with Gasteiger partial charge in [0.05, 0.1) is 47.7 Å². The first-order chi connectivity index (χ1) is 35.3. The minimum absolute atomic E-state index is 0.00838. The van der Waals surface area contributed by atoms with Crippen LogP contribution < -0.4 is 10.6 Å². The van der Waals surface area contributed by atoms with Gasteiger partial charge in [-0.1, -0.05) is 113 Å². The quantitative estimate of drug-likeness (QED) is 0.106. The molecule has 23 heteroatoms. The number of halogens is 15. The first-order valence-electron chi connectivity index (χ1n) is 21.8. The highest BCUT2D eigenvalue weighted by atomic mass is 35.5. The lowest BCUT2D eigenvalue weighted by molar-refractivity contribution is -0.290. The number of nitrogens with one attached hydrogen (secondary N) is 2. The molecule has 75 heavy (non-hydrogen) atoms. The lowest BCUT2D eigenvalue weighted by Gasteiger charge is -2.36. The fraction of sp³-hybridized carbons (Fsp3) is 0.154. The fourth-order valence-electron chi connectivity index (χ4n) is 8.49. The van der Waals surface area contributed by atoms with Crippen LogP contribution in [-0.2, 0) is 42.2 Å². The number of para-hydroxylation sites is 1. The van der Waals surface area contributed by atoms with Gasteiger partial charge in [0.15, 0.2) is 10.3 Å². The largest absolute Gasteiger partial charge is 0.459 e. The van der Waals surface area contributed by atoms with Crippen molar-refractivity contribution >= 4 is 66.4 Å². The van der Waals surface area contributed by atoms with E-state index in [4.69, 9.17) is 23.2 Å². The Balaban J connectivity index is 1.21. The van der Waals surface area contributed by atoms with Crippen LogP contribution in [-0.4, -0.2) is 26.1 Å². The predicted octanol–water partition coefficient (Wildman–Crippen LogP) is 16.7. The van der Waals surface area contributed by atoms with Crippen LogP contribution in [0.5, 0.6) is 0 Å². The maximum Gasteiger partial charge on any atom is 0.459 e. The maximum atomic E-state index is 15.9. The zero-order valence-corrected chi connectivity index (χ0v) is 40.8. The molecule has 4 heterocycles. The Kier molecular flexibility index (Phi) is 14.2. The molecule has 0 fully saturated rings. The molecule has 0 aliphatic heterocycles. The van der Waals surface area contributed by atoms with Crippen LogP contribution in [0.4, 0.5) is 67.3 Å². The van der Waals surface area contributed by atoms with Crippen LogP contribution in [0.15, 0.2) is 152 Å². The summed E-state index contributed by atoms with van der Waals surface area (Å²) in [5.41, 5.74) is -8.96. The van der Waals surface area contributed by atoms with Gasteiger partial charge in [0.25, 0.3) is 0 Å². The SMILES string of the molecule is Fc1cc(C(F)(F)F)cc(C(Cc2ccccc2)(Nc2nc(C(F)(F)C(F)(F)F)c(-c3ccc(CC(Nc4nc5ccccc5s4)(c4cc(F)cc(C(F)(F)F)c4)c4ccc(Cl)cn4)cc3)s2)c2ccc(Cl)cn2)c1. The number of benzene rings is 5. The Morgan fingerprint density at radius 1 is 0.480 bits per heavy atom. The van der Waals surface area contributed by atoms with Gasteiger partial charge in [-0.05, 0) is 101 Å². The molecule has 0 aliphatic carbocycles. The highest BCUT2D eigenvalue weighted by molar-refractivity contribution is 7.22. The van der Waals surface area contributed by atoms with Crippen LogP contribution in [0.2, 0.25) is 10.0 Å². The Morgan fingerprint density at radius 3 is 1.41 bits per heavy atom. The van der Waals surface area contributed by atoms with E-state index in [-0.39, 0.29) is 60.7 Å². The molecule has 4 aromatic heterocycles. The second kappa shape index (κ2) is 20.0. The van der Waals surface area contributed by atoms with E-state index in [1.807, 2.05) is 0 Å². The second-order valence-corrected chi connectivity index (χ2v) is 19.9. The zero-order valence-electron chi connectivity index (χ0n) is 37.6. The van der Waals surface area contributed by atoms with Crippen LogP contribution >= 0.6 is 45.9 Å². The van der Waals surface area contributed by atoms with Crippen LogP contribution in [0.3, 0.4) is 0 Å². The molecular formula is C52H31Cl2F13N6S2. The van der Waals surface area contributed by atoms with E-state index in [2.05, 4.69) is 30.6 Å². The van der Waals surface area contributed by atoms with Crippen LogP contribution in [0, 0.1) is 11.6 Å². The van der Waals surface area contributed by atoms with Crippen LogP contribution in [0.25, 0.3) is 20.7 Å². The van der Waals surface area contributed by atoms with Crippen molar-refractivity contribution in [3.8, 4) is 10.4 Å². The summed E-state index contributed by atoms with van der Waals surface area (Å²) in [6.45, 7) is 0. The number of nitrogens with zero attached hydrogens (tertiary/aromatic N) is 4. The molecule has 9 aromatic rings. The highest BCUT2D eigenvalue weighted by Gasteiger charge is 2.61. The molecule has 0 radical (unpaired) electrons. The monoisotopic (exact) mass is 1120 g/mol. The molecule has 0 aliphatic rings. The van der Waals surface area contributed by atoms with E-state index in [1.165, 1.54) is 42.6 Å². The summed E-state index contributed by atoms with van der Waals surface area (Å²) in [6, 6.07) is 28.3. The van der Waals surface area contributed by atoms with Crippen molar-refractivity contribution in [1.82, 2.24) is 19.9 Å². The molecule has 2 N–H and O–H groups in total. The van der Waals surface area contributed by atoms with Gasteiger partial charge in [0.2, 0.25) is 0 Å². The lowest BCUT2D eigenvalue weighted by Crippen LogP contribution is -2.40. The molecule has 0 amide bonds. The Labute approximate surface area is 434 Å². The van der Waals surface area contributed by atoms with Crippen molar-refractivity contribution in [3.63, 3.8) is 0 Å². The minimum Gasteiger partial charge on any atom is -0.346 e. The molecule has 2 unspecified atom stereocenters. The van der Waals surface area contributed by atoms with E-state index < -0.39 is 92.4 Å². The fourth-order valence-corrected chi connectivity index (χ4v) is 10.7. The summed E-state index contributed by atoms with van der Waals surface area (Å²) in [6.07, 6.45) is -14.9. The van der Waals surface area contributed by atoms with Crippen molar-refractivity contribution in [2.45, 2.75) is 48.4 Å². The van der Waals surface area contributed by atoms with Crippen molar-refractivity contribution in [2.75, 3.05) is 10.6 Å². The normalized spacial score (nSPS) is 14.1. The summed E-state index contributed by atoms with van der Waals surface area (Å²) in [5, 5.41) is 5.64. The molecule has 0 saturated heterocycles. The number of alkyl halides is 11. The van der Waals surface area contributed by atoms with Gasteiger partial charge in [-0.25, -0.2) is 18.7 Å². The molecule has 5 aromatic carbocycles. The number of fused-ring (bicyclic) bond motifs is 1. The van der Waals surface area contributed by atoms with Crippen molar-refractivity contribution in [2.24, 2.45) is 0 Å². The van der Waals surface area contributed by atoms with Gasteiger partial charge in [0.1, 0.15) is 28.4 Å². The van der Waals surface area contributed by atoms with Gasteiger partial charge < -0.3 is 10.6 Å². The summed E-state index contributed by atoms with van der Waals surface area (Å²) in [7, 11) is 0. The second-order valence-electron chi connectivity index (χ2n) is 17.0. The molecule has 6 nitrogen and oxygen atoms in total. The highest BCUT2D eigenvalue weighted by Crippen LogP contribution is 2.51. The van der Waals surface area contributed by atoms with E-state index in [1.54, 1.807) is 54.6 Å². The molecule has 2 atom stereocenters. The number of hydrogen-bond acceptors (Lipinski definition) is 8. The number of thiazole rings is 2. The van der Waals surface area contributed by atoms with E-state index in [0.717, 1.165) is 47.9 Å². The first-order valence-corrected chi connectivity index (χ1v) is 24.2. The molecule has 0 saturated carbocycles. The van der Waals surface area contributed by atoms with E-state index >= 15 is 17.6 Å². The predicted molar refractivity (Wildman–Crippen MR) is 261 cm³/mol. The standard InChI is InChI=1S/C52H31Cl2F13N6S2/c53-35-14-16-41(68-26-35)47(24-28-6-2-1-3-7-28,31-18-33(50(59,60)61)22-37(55)20-31)73-46-71-44(49(57,58)52(65,66)67)43(75-46)30-12-10-29(11-13-30)25-48(42-17-15-36(54)27-69-42,32-19-34(51(62,63)64)23-38(56)21-32)72-45-70-39-8-4-5-9-40(39)74-45/h1-23,26-27H,24-25H2,(H,70,72)(H,71,73). The summed E-state index contributed by atoms with van der Waals surface area (Å²) >= 11 is 13.7. The third-order valence-corrected chi connectivity index (χ3v) is 14.4. The topological polar surface area (TPSA) is 75.6 Å². The van der Waals surface area contributed by atoms with Crippen molar-refractivity contribution < 1.29 is 57.1 Å². The summed E-state index contributed by atoms with van der Waals surface area (Å²) in [4.78, 5) is 16.4. The van der Waals surface area contributed by atoms with E-state index in [0.29, 0.717) is 27.9 Å². The van der Waals surface area contributed by atoms with Crippen molar-refractivity contribution in [3.05, 3.63) is 224 Å². The smallest absolute Gasteiger partial charge is 0.346 e. The third-order valence-electron chi connectivity index (χ3n) is 12.0. The number of hydrogen-bond donors (Lipinski definition) is 2. The molecular weight excluding hydrogens is 1090 g/mol. The van der Waals surface area contributed by atoms with Crippen molar-refractivity contribution in [1.29, 1.82) is 0 Å². The lowest BCUT2D eigenvalue weighted by atomic mass is 9.79. The number of aromatic nitrogens is 4. The molecule has 9 rings (SSSR count). The molecule has 0 bridgehead atoms. The van der Waals surface area contributed by atoms with Gasteiger partial charge in [-0.15, -0.1) is 0 Å².